The number of rotatable bonds is 8. The molecule has 0 saturated heterocycles. The Bertz CT molecular complexity index is 239. The third kappa shape index (κ3) is 6.58. The number of hydrogen-bond donors (Lipinski definition) is 2. The highest BCUT2D eigenvalue weighted by molar-refractivity contribution is 5.85. The number of nitrogens with one attached hydrogen (secondary N) is 1. The van der Waals surface area contributed by atoms with Crippen LogP contribution in [0.5, 0.6) is 0 Å². The fourth-order valence-electron chi connectivity index (χ4n) is 1.20. The van der Waals surface area contributed by atoms with Crippen LogP contribution in [0.15, 0.2) is 11.6 Å². The van der Waals surface area contributed by atoms with Gasteiger partial charge in [0.2, 0.25) is 0 Å². The van der Waals surface area contributed by atoms with E-state index < -0.39 is 5.97 Å². The summed E-state index contributed by atoms with van der Waals surface area (Å²) in [6.07, 6.45) is 2.85. The molecule has 0 aromatic heterocycles. The molecule has 0 aromatic rings. The molecule has 0 aliphatic heterocycles. The molecular weight excluding hydrogens is 204 g/mol. The topological polar surface area (TPSA) is 52.6 Å². The van der Waals surface area contributed by atoms with Crippen LogP contribution in [0.1, 0.15) is 27.2 Å². The lowest BCUT2D eigenvalue weighted by atomic mass is 10.2. The summed E-state index contributed by atoms with van der Waals surface area (Å²) in [6, 6.07) is 0.595. The second-order valence-corrected chi connectivity index (χ2v) is 4.13. The van der Waals surface area contributed by atoms with Gasteiger partial charge in [-0.05, 0) is 27.3 Å². The predicted octanol–water partition coefficient (Wildman–Crippen LogP) is 1.34. The van der Waals surface area contributed by atoms with Crippen molar-refractivity contribution in [3.63, 3.8) is 0 Å². The third-order valence-electron chi connectivity index (χ3n) is 2.87. The number of likely N-dealkylation sites (N-methyl/N-ethyl adjacent to an activating group) is 1. The summed E-state index contributed by atoms with van der Waals surface area (Å²) in [5.41, 5.74) is 0.391. The Kier molecular flexibility index (Phi) is 7.85. The maximum absolute atomic E-state index is 10.5. The van der Waals surface area contributed by atoms with Gasteiger partial charge in [0.15, 0.2) is 0 Å². The second kappa shape index (κ2) is 8.30. The third-order valence-corrected chi connectivity index (χ3v) is 2.87. The minimum absolute atomic E-state index is 0.391. The Morgan fingerprint density at radius 1 is 1.56 bits per heavy atom. The molecule has 0 heterocycles. The van der Waals surface area contributed by atoms with Crippen molar-refractivity contribution in [3.8, 4) is 0 Å². The SMILES string of the molecule is CCC(C)N(C)CCNC/C=C(/C)C(=O)O. The van der Waals surface area contributed by atoms with E-state index in [1.54, 1.807) is 13.0 Å². The molecule has 4 heteroatoms. The van der Waals surface area contributed by atoms with Gasteiger partial charge in [0.1, 0.15) is 0 Å². The van der Waals surface area contributed by atoms with E-state index in [1.165, 1.54) is 0 Å². The Balaban J connectivity index is 3.61. The van der Waals surface area contributed by atoms with Gasteiger partial charge in [0, 0.05) is 31.2 Å². The van der Waals surface area contributed by atoms with Gasteiger partial charge in [-0.1, -0.05) is 13.0 Å². The summed E-state index contributed by atoms with van der Waals surface area (Å²) in [7, 11) is 2.11. The van der Waals surface area contributed by atoms with E-state index in [0.29, 0.717) is 18.2 Å². The minimum Gasteiger partial charge on any atom is -0.478 e. The van der Waals surface area contributed by atoms with Crippen molar-refractivity contribution in [2.45, 2.75) is 33.2 Å². The van der Waals surface area contributed by atoms with E-state index in [4.69, 9.17) is 5.11 Å². The van der Waals surface area contributed by atoms with Crippen LogP contribution in [0.4, 0.5) is 0 Å². The zero-order chi connectivity index (χ0) is 12.6. The smallest absolute Gasteiger partial charge is 0.330 e. The fourth-order valence-corrected chi connectivity index (χ4v) is 1.20. The molecule has 0 aromatic carbocycles. The van der Waals surface area contributed by atoms with Crippen molar-refractivity contribution < 1.29 is 9.90 Å². The maximum atomic E-state index is 10.5. The maximum Gasteiger partial charge on any atom is 0.330 e. The minimum atomic E-state index is -0.849. The van der Waals surface area contributed by atoms with E-state index in [9.17, 15) is 4.79 Å². The average molecular weight is 228 g/mol. The summed E-state index contributed by atoms with van der Waals surface area (Å²) in [5, 5.41) is 11.8. The summed E-state index contributed by atoms with van der Waals surface area (Å²) in [5.74, 6) is -0.849. The van der Waals surface area contributed by atoms with Gasteiger partial charge in [-0.3, -0.25) is 0 Å². The molecule has 0 saturated carbocycles. The average Bonchev–Trinajstić information content (AvgIpc) is 2.26. The number of nitrogens with zero attached hydrogens (tertiary/aromatic N) is 1. The number of carbonyl (C=O) groups is 1. The molecule has 0 aliphatic carbocycles. The van der Waals surface area contributed by atoms with Gasteiger partial charge in [0.25, 0.3) is 0 Å². The summed E-state index contributed by atoms with van der Waals surface area (Å²) >= 11 is 0. The molecule has 0 rings (SSSR count). The molecular formula is C12H24N2O2. The van der Waals surface area contributed by atoms with E-state index in [0.717, 1.165) is 19.5 Å². The van der Waals surface area contributed by atoms with Crippen LogP contribution < -0.4 is 5.32 Å². The van der Waals surface area contributed by atoms with Crippen LogP contribution in [0.2, 0.25) is 0 Å². The second-order valence-electron chi connectivity index (χ2n) is 4.13. The van der Waals surface area contributed by atoms with Crippen molar-refractivity contribution in [3.05, 3.63) is 11.6 Å². The highest BCUT2D eigenvalue weighted by Crippen LogP contribution is 1.98. The first-order valence-corrected chi connectivity index (χ1v) is 5.80. The predicted molar refractivity (Wildman–Crippen MR) is 66.6 cm³/mol. The lowest BCUT2D eigenvalue weighted by molar-refractivity contribution is -0.132. The van der Waals surface area contributed by atoms with Gasteiger partial charge in [-0.2, -0.15) is 0 Å². The molecule has 0 aliphatic rings. The summed E-state index contributed by atoms with van der Waals surface area (Å²) < 4.78 is 0. The van der Waals surface area contributed by atoms with E-state index >= 15 is 0 Å². The van der Waals surface area contributed by atoms with Crippen molar-refractivity contribution in [2.75, 3.05) is 26.7 Å². The van der Waals surface area contributed by atoms with Crippen molar-refractivity contribution in [2.24, 2.45) is 0 Å². The first-order valence-electron chi connectivity index (χ1n) is 5.80. The van der Waals surface area contributed by atoms with Crippen LogP contribution in [0.3, 0.4) is 0 Å². The number of hydrogen-bond acceptors (Lipinski definition) is 3. The lowest BCUT2D eigenvalue weighted by Crippen LogP contribution is -2.35. The van der Waals surface area contributed by atoms with Crippen LogP contribution in [0, 0.1) is 0 Å². The van der Waals surface area contributed by atoms with Crippen molar-refractivity contribution in [1.82, 2.24) is 10.2 Å². The van der Waals surface area contributed by atoms with Crippen LogP contribution >= 0.6 is 0 Å². The molecule has 2 N–H and O–H groups in total. The fraction of sp³-hybridized carbons (Fsp3) is 0.750. The number of carboxylic acids is 1. The van der Waals surface area contributed by atoms with Gasteiger partial charge >= 0.3 is 5.97 Å². The molecule has 94 valence electrons. The molecule has 1 atom stereocenters. The molecule has 0 fully saturated rings. The quantitative estimate of drug-likeness (QED) is 0.486. The highest BCUT2D eigenvalue weighted by atomic mass is 16.4. The Morgan fingerprint density at radius 3 is 2.69 bits per heavy atom. The zero-order valence-electron chi connectivity index (χ0n) is 10.8. The number of carboxylic acid groups (broad SMARTS) is 1. The van der Waals surface area contributed by atoms with E-state index in [2.05, 4.69) is 31.1 Å². The standard InChI is InChI=1S/C12H24N2O2/c1-5-11(3)14(4)9-8-13-7-6-10(2)12(15)16/h6,11,13H,5,7-9H2,1-4H3,(H,15,16)/b10-6-. The molecule has 0 amide bonds. The Morgan fingerprint density at radius 2 is 2.19 bits per heavy atom. The van der Waals surface area contributed by atoms with Gasteiger partial charge < -0.3 is 15.3 Å². The van der Waals surface area contributed by atoms with Crippen LogP contribution in [-0.4, -0.2) is 48.7 Å². The van der Waals surface area contributed by atoms with Gasteiger partial charge in [0.05, 0.1) is 0 Å². The zero-order valence-corrected chi connectivity index (χ0v) is 10.8. The number of aliphatic carboxylic acids is 1. The normalized spacial score (nSPS) is 14.2. The first-order chi connectivity index (χ1) is 7.49. The van der Waals surface area contributed by atoms with Crippen LogP contribution in [-0.2, 0) is 4.79 Å². The summed E-state index contributed by atoms with van der Waals surface area (Å²) in [6.45, 7) is 8.46. The van der Waals surface area contributed by atoms with E-state index in [-0.39, 0.29) is 0 Å². The van der Waals surface area contributed by atoms with Crippen molar-refractivity contribution >= 4 is 5.97 Å². The Hall–Kier alpha value is -0.870. The molecule has 16 heavy (non-hydrogen) atoms. The molecule has 4 nitrogen and oxygen atoms in total. The van der Waals surface area contributed by atoms with Crippen molar-refractivity contribution in [1.29, 1.82) is 0 Å². The largest absolute Gasteiger partial charge is 0.478 e. The summed E-state index contributed by atoms with van der Waals surface area (Å²) in [4.78, 5) is 12.8. The lowest BCUT2D eigenvalue weighted by Gasteiger charge is -2.23. The van der Waals surface area contributed by atoms with Gasteiger partial charge in [-0.25, -0.2) is 4.79 Å². The van der Waals surface area contributed by atoms with Crippen LogP contribution in [0.25, 0.3) is 0 Å². The monoisotopic (exact) mass is 228 g/mol. The first kappa shape index (κ1) is 15.1. The Labute approximate surface area is 98.3 Å². The highest BCUT2D eigenvalue weighted by Gasteiger charge is 2.04. The molecule has 1 unspecified atom stereocenters. The van der Waals surface area contributed by atoms with E-state index in [1.807, 2.05) is 0 Å². The molecule has 0 radical (unpaired) electrons. The van der Waals surface area contributed by atoms with Gasteiger partial charge in [-0.15, -0.1) is 0 Å². The molecule has 0 bridgehead atoms. The molecule has 0 spiro atoms.